The van der Waals surface area contributed by atoms with Crippen LogP contribution in [0.1, 0.15) is 22.8 Å². The number of benzene rings is 2. The number of aromatic nitrogens is 1. The molecule has 0 atom stereocenters. The van der Waals surface area contributed by atoms with E-state index in [1.54, 1.807) is 36.0 Å². The molecule has 0 aliphatic rings. The van der Waals surface area contributed by atoms with Gasteiger partial charge in [0.25, 0.3) is 10.0 Å². The third-order valence-electron chi connectivity index (χ3n) is 4.51. The van der Waals surface area contributed by atoms with Gasteiger partial charge < -0.3 is 9.67 Å². The van der Waals surface area contributed by atoms with Gasteiger partial charge in [0.1, 0.15) is 0 Å². The first-order valence-corrected chi connectivity index (χ1v) is 12.3. The van der Waals surface area contributed by atoms with Gasteiger partial charge >= 0.3 is 5.97 Å². The molecule has 0 bridgehead atoms. The Hall–Kier alpha value is -3.11. The summed E-state index contributed by atoms with van der Waals surface area (Å²) in [6.45, 7) is 1.75. The van der Waals surface area contributed by atoms with Gasteiger partial charge in [0.15, 0.2) is 9.84 Å². The Bertz CT molecular complexity index is 1310. The molecule has 0 aliphatic carbocycles. The third kappa shape index (κ3) is 4.39. The molecular weight excluding hydrogens is 428 g/mol. The number of carboxylic acids is 1. The molecule has 1 aromatic heterocycles. The lowest BCUT2D eigenvalue weighted by Crippen LogP contribution is -2.17. The number of aromatic carboxylic acids is 1. The monoisotopic (exact) mass is 448 g/mol. The molecule has 10 heteroatoms. The molecule has 30 heavy (non-hydrogen) atoms. The summed E-state index contributed by atoms with van der Waals surface area (Å²) in [5.41, 5.74) is 0.748. The van der Waals surface area contributed by atoms with E-state index in [4.69, 9.17) is 0 Å². The molecule has 2 N–H and O–H groups in total. The lowest BCUT2D eigenvalue weighted by atomic mass is 10.1. The van der Waals surface area contributed by atoms with Crippen molar-refractivity contribution in [3.63, 3.8) is 0 Å². The van der Waals surface area contributed by atoms with Gasteiger partial charge in [-0.2, -0.15) is 0 Å². The van der Waals surface area contributed by atoms with Crippen LogP contribution in [0.4, 0.5) is 5.69 Å². The normalized spacial score (nSPS) is 11.9. The Balaban J connectivity index is 2.17. The van der Waals surface area contributed by atoms with Crippen molar-refractivity contribution in [1.82, 2.24) is 4.57 Å². The van der Waals surface area contributed by atoms with Crippen LogP contribution in [-0.2, 0) is 26.3 Å². The van der Waals surface area contributed by atoms with E-state index < -0.39 is 25.8 Å². The predicted molar refractivity (Wildman–Crippen MR) is 112 cm³/mol. The fraction of sp³-hybridized carbons (Fsp3) is 0.150. The maximum Gasteiger partial charge on any atom is 0.335 e. The van der Waals surface area contributed by atoms with E-state index in [9.17, 15) is 26.7 Å². The SMILES string of the molecule is CCc1ccc(C(=O)O)cc1S(=O)(=O)Nc1cc(S(C)(=O)=O)ccc1-n1cccc1. The average molecular weight is 449 g/mol. The maximum atomic E-state index is 13.2. The van der Waals surface area contributed by atoms with Crippen molar-refractivity contribution >= 4 is 31.5 Å². The Morgan fingerprint density at radius 3 is 2.27 bits per heavy atom. The molecule has 0 unspecified atom stereocenters. The number of carbonyl (C=O) groups is 1. The number of carboxylic acid groups (broad SMARTS) is 1. The van der Waals surface area contributed by atoms with Crippen molar-refractivity contribution in [2.24, 2.45) is 0 Å². The van der Waals surface area contributed by atoms with E-state index in [0.717, 1.165) is 12.3 Å². The number of hydrogen-bond donors (Lipinski definition) is 2. The summed E-state index contributed by atoms with van der Waals surface area (Å²) in [5, 5.41) is 9.24. The highest BCUT2D eigenvalue weighted by atomic mass is 32.2. The molecule has 0 saturated carbocycles. The second kappa shape index (κ2) is 7.96. The van der Waals surface area contributed by atoms with Crippen molar-refractivity contribution in [3.8, 4) is 5.69 Å². The standard InChI is InChI=1S/C20H20N2O6S2/c1-3-14-6-7-15(20(23)24)12-19(14)30(27,28)21-17-13-16(29(2,25)26)8-9-18(17)22-10-4-5-11-22/h4-13,21H,3H2,1-2H3,(H,23,24). The molecular formula is C20H20N2O6S2. The van der Waals surface area contributed by atoms with Gasteiger partial charge in [0.2, 0.25) is 0 Å². The number of aryl methyl sites for hydroxylation is 1. The predicted octanol–water partition coefficient (Wildman–Crippen LogP) is 2.94. The Morgan fingerprint density at radius 1 is 1.03 bits per heavy atom. The summed E-state index contributed by atoms with van der Waals surface area (Å²) >= 11 is 0. The summed E-state index contributed by atoms with van der Waals surface area (Å²) in [6, 6.07) is 11.5. The lowest BCUT2D eigenvalue weighted by molar-refractivity contribution is 0.0696. The number of nitrogens with zero attached hydrogens (tertiary/aromatic N) is 1. The summed E-state index contributed by atoms with van der Waals surface area (Å²) in [6.07, 6.45) is 4.77. The minimum absolute atomic E-state index is 0.0499. The van der Waals surface area contributed by atoms with Crippen molar-refractivity contribution < 1.29 is 26.7 Å². The summed E-state index contributed by atoms with van der Waals surface area (Å²) < 4.78 is 54.4. The van der Waals surface area contributed by atoms with Gasteiger partial charge in [-0.25, -0.2) is 21.6 Å². The highest BCUT2D eigenvalue weighted by molar-refractivity contribution is 7.92. The van der Waals surface area contributed by atoms with Crippen molar-refractivity contribution in [2.75, 3.05) is 11.0 Å². The molecule has 0 aliphatic heterocycles. The molecule has 3 aromatic rings. The molecule has 158 valence electrons. The van der Waals surface area contributed by atoms with Gasteiger partial charge in [0, 0.05) is 18.6 Å². The first-order valence-electron chi connectivity index (χ1n) is 8.89. The summed E-state index contributed by atoms with van der Waals surface area (Å²) in [7, 11) is -7.79. The molecule has 0 spiro atoms. The quantitative estimate of drug-likeness (QED) is 0.573. The number of sulfonamides is 1. The molecule has 1 heterocycles. The molecule has 8 nitrogen and oxygen atoms in total. The van der Waals surface area contributed by atoms with Crippen molar-refractivity contribution in [2.45, 2.75) is 23.1 Å². The maximum absolute atomic E-state index is 13.2. The van der Waals surface area contributed by atoms with E-state index in [1.807, 2.05) is 0 Å². The van der Waals surface area contributed by atoms with Crippen LogP contribution in [0.3, 0.4) is 0 Å². The molecule has 3 rings (SSSR count). The van der Waals surface area contributed by atoms with Crippen LogP contribution in [-0.4, -0.2) is 38.7 Å². The van der Waals surface area contributed by atoms with E-state index >= 15 is 0 Å². The Kier molecular flexibility index (Phi) is 5.73. The van der Waals surface area contributed by atoms with Gasteiger partial charge in [-0.1, -0.05) is 13.0 Å². The first-order chi connectivity index (χ1) is 14.0. The summed E-state index contributed by atoms with van der Waals surface area (Å²) in [4.78, 5) is 11.1. The number of nitrogens with one attached hydrogen (secondary N) is 1. The zero-order valence-electron chi connectivity index (χ0n) is 16.2. The Morgan fingerprint density at radius 2 is 1.70 bits per heavy atom. The number of hydrogen-bond acceptors (Lipinski definition) is 5. The van der Waals surface area contributed by atoms with E-state index in [-0.39, 0.29) is 21.0 Å². The highest BCUT2D eigenvalue weighted by Gasteiger charge is 2.23. The molecule has 0 radical (unpaired) electrons. The third-order valence-corrected chi connectivity index (χ3v) is 7.07. The number of rotatable bonds is 7. The van der Waals surface area contributed by atoms with Gasteiger partial charge in [-0.05, 0) is 54.4 Å². The Labute approximate surface area is 174 Å². The topological polar surface area (TPSA) is 123 Å². The molecule has 0 fully saturated rings. The van der Waals surface area contributed by atoms with E-state index in [1.165, 1.54) is 30.3 Å². The van der Waals surface area contributed by atoms with Crippen LogP contribution in [0, 0.1) is 0 Å². The highest BCUT2D eigenvalue weighted by Crippen LogP contribution is 2.28. The van der Waals surface area contributed by atoms with Gasteiger partial charge in [-0.3, -0.25) is 4.72 Å². The van der Waals surface area contributed by atoms with Crippen molar-refractivity contribution in [3.05, 3.63) is 72.1 Å². The number of anilines is 1. The van der Waals surface area contributed by atoms with Gasteiger partial charge in [-0.15, -0.1) is 0 Å². The molecule has 0 saturated heterocycles. The van der Waals surface area contributed by atoms with Gasteiger partial charge in [0.05, 0.1) is 26.7 Å². The van der Waals surface area contributed by atoms with Crippen LogP contribution in [0.5, 0.6) is 0 Å². The molecule has 0 amide bonds. The second-order valence-corrected chi connectivity index (χ2v) is 10.3. The van der Waals surface area contributed by atoms with Crippen LogP contribution in [0.15, 0.2) is 70.7 Å². The summed E-state index contributed by atoms with van der Waals surface area (Å²) in [5.74, 6) is -1.25. The first kappa shape index (κ1) is 21.6. The zero-order valence-corrected chi connectivity index (χ0v) is 17.9. The van der Waals surface area contributed by atoms with Crippen LogP contribution < -0.4 is 4.72 Å². The molecule has 2 aromatic carbocycles. The minimum atomic E-state index is -4.21. The largest absolute Gasteiger partial charge is 0.478 e. The van der Waals surface area contributed by atoms with Crippen molar-refractivity contribution in [1.29, 1.82) is 0 Å². The van der Waals surface area contributed by atoms with Crippen LogP contribution in [0.2, 0.25) is 0 Å². The number of sulfone groups is 1. The lowest BCUT2D eigenvalue weighted by Gasteiger charge is -2.16. The van der Waals surface area contributed by atoms with Crippen LogP contribution in [0.25, 0.3) is 5.69 Å². The minimum Gasteiger partial charge on any atom is -0.478 e. The second-order valence-electron chi connectivity index (χ2n) is 6.63. The van der Waals surface area contributed by atoms with E-state index in [2.05, 4.69) is 4.72 Å². The van der Waals surface area contributed by atoms with E-state index in [0.29, 0.717) is 17.7 Å². The smallest absolute Gasteiger partial charge is 0.335 e. The fourth-order valence-electron chi connectivity index (χ4n) is 2.98. The average Bonchev–Trinajstić information content (AvgIpc) is 3.20. The fourth-order valence-corrected chi connectivity index (χ4v) is 5.03. The van der Waals surface area contributed by atoms with Crippen LogP contribution >= 0.6 is 0 Å². The zero-order chi connectivity index (χ0) is 22.1.